The minimum atomic E-state index is -0.811. The van der Waals surface area contributed by atoms with Gasteiger partial charge in [-0.15, -0.1) is 5.73 Å². The number of carbonyl (C=O) groups is 1. The van der Waals surface area contributed by atoms with Crippen molar-refractivity contribution in [1.82, 2.24) is 0 Å². The first-order valence-corrected chi connectivity index (χ1v) is 3.93. The summed E-state index contributed by atoms with van der Waals surface area (Å²) in [4.78, 5) is 10.8. The summed E-state index contributed by atoms with van der Waals surface area (Å²) in [6, 6.07) is 0. The Labute approximate surface area is 73.6 Å². The van der Waals surface area contributed by atoms with Crippen molar-refractivity contribution in [3.05, 3.63) is 16.9 Å². The van der Waals surface area contributed by atoms with Gasteiger partial charge in [-0.25, -0.2) is 0 Å². The molecule has 0 fully saturated rings. The molecular weight excluding hydrogens is 152 g/mol. The average Bonchev–Trinajstić information content (AvgIpc) is 1.85. The van der Waals surface area contributed by atoms with Gasteiger partial charge in [-0.2, -0.15) is 0 Å². The Hall–Kier alpha value is -1.01. The molecule has 0 unspecified atom stereocenters. The zero-order chi connectivity index (χ0) is 9.94. The van der Waals surface area contributed by atoms with E-state index in [2.05, 4.69) is 5.73 Å². The standard InChI is InChI=1S/C10H16O2/c1-7(2)6-8(3)10(4,5)9(11)12/h1-5H3,(H,11,12). The maximum atomic E-state index is 10.8. The highest BCUT2D eigenvalue weighted by Crippen LogP contribution is 2.25. The minimum Gasteiger partial charge on any atom is -0.481 e. The maximum Gasteiger partial charge on any atom is 0.313 e. The van der Waals surface area contributed by atoms with Crippen LogP contribution >= 0.6 is 0 Å². The molecule has 0 aliphatic rings. The van der Waals surface area contributed by atoms with Crippen LogP contribution in [0.2, 0.25) is 0 Å². The molecule has 0 aliphatic carbocycles. The SMILES string of the molecule is CC(C)=C=C(C)C(C)(C)C(=O)O. The van der Waals surface area contributed by atoms with E-state index in [1.165, 1.54) is 0 Å². The van der Waals surface area contributed by atoms with Crippen LogP contribution in [0.15, 0.2) is 16.9 Å². The predicted octanol–water partition coefficient (Wildman–Crippen LogP) is 2.61. The Morgan fingerprint density at radius 3 is 1.92 bits per heavy atom. The van der Waals surface area contributed by atoms with Gasteiger partial charge in [-0.3, -0.25) is 4.79 Å². The molecule has 0 saturated carbocycles. The molecule has 0 bridgehead atoms. The lowest BCUT2D eigenvalue weighted by Gasteiger charge is -2.18. The largest absolute Gasteiger partial charge is 0.481 e. The second-order valence-electron chi connectivity index (χ2n) is 3.68. The lowest BCUT2D eigenvalue weighted by Crippen LogP contribution is -2.24. The third-order valence-corrected chi connectivity index (χ3v) is 1.91. The lowest BCUT2D eigenvalue weighted by molar-refractivity contribution is -0.144. The topological polar surface area (TPSA) is 37.3 Å². The number of aliphatic carboxylic acids is 1. The minimum absolute atomic E-state index is 0.759. The Kier molecular flexibility index (Phi) is 3.29. The van der Waals surface area contributed by atoms with Crippen molar-refractivity contribution in [2.45, 2.75) is 34.6 Å². The summed E-state index contributed by atoms with van der Waals surface area (Å²) in [6.07, 6.45) is 0. The first-order chi connectivity index (χ1) is 5.28. The van der Waals surface area contributed by atoms with E-state index in [0.29, 0.717) is 0 Å². The Morgan fingerprint density at radius 2 is 1.67 bits per heavy atom. The van der Waals surface area contributed by atoms with E-state index in [-0.39, 0.29) is 0 Å². The van der Waals surface area contributed by atoms with Crippen LogP contribution in [-0.4, -0.2) is 11.1 Å². The number of rotatable bonds is 2. The van der Waals surface area contributed by atoms with Crippen molar-refractivity contribution in [3.63, 3.8) is 0 Å². The summed E-state index contributed by atoms with van der Waals surface area (Å²) >= 11 is 0. The fraction of sp³-hybridized carbons (Fsp3) is 0.600. The third-order valence-electron chi connectivity index (χ3n) is 1.91. The molecular formula is C10H16O2. The molecule has 0 radical (unpaired) electrons. The first-order valence-electron chi connectivity index (χ1n) is 3.93. The van der Waals surface area contributed by atoms with Gasteiger partial charge in [0.25, 0.3) is 0 Å². The highest BCUT2D eigenvalue weighted by atomic mass is 16.4. The zero-order valence-corrected chi connectivity index (χ0v) is 8.36. The first kappa shape index (κ1) is 11.0. The van der Waals surface area contributed by atoms with Gasteiger partial charge < -0.3 is 5.11 Å². The van der Waals surface area contributed by atoms with E-state index in [4.69, 9.17) is 5.11 Å². The van der Waals surface area contributed by atoms with Crippen LogP contribution in [0.4, 0.5) is 0 Å². The molecule has 0 aliphatic heterocycles. The number of hydrogen-bond donors (Lipinski definition) is 1. The zero-order valence-electron chi connectivity index (χ0n) is 8.36. The number of carboxylic acids is 1. The summed E-state index contributed by atoms with van der Waals surface area (Å²) in [5, 5.41) is 8.85. The molecule has 0 rings (SSSR count). The van der Waals surface area contributed by atoms with Gasteiger partial charge in [0.05, 0.1) is 5.41 Å². The van der Waals surface area contributed by atoms with Gasteiger partial charge in [0, 0.05) is 0 Å². The monoisotopic (exact) mass is 168 g/mol. The molecule has 0 saturated heterocycles. The smallest absolute Gasteiger partial charge is 0.313 e. The molecule has 0 aromatic carbocycles. The van der Waals surface area contributed by atoms with Crippen molar-refractivity contribution < 1.29 is 9.90 Å². The highest BCUT2D eigenvalue weighted by Gasteiger charge is 2.28. The summed E-state index contributed by atoms with van der Waals surface area (Å²) in [5.74, 6) is -0.811. The molecule has 12 heavy (non-hydrogen) atoms. The highest BCUT2D eigenvalue weighted by molar-refractivity contribution is 5.77. The molecule has 0 spiro atoms. The maximum absolute atomic E-state index is 10.8. The number of carboxylic acid groups (broad SMARTS) is 1. The van der Waals surface area contributed by atoms with Crippen LogP contribution in [0.3, 0.4) is 0 Å². The van der Waals surface area contributed by atoms with Gasteiger partial charge in [0.15, 0.2) is 0 Å². The number of hydrogen-bond acceptors (Lipinski definition) is 1. The lowest BCUT2D eigenvalue weighted by atomic mass is 9.85. The second-order valence-corrected chi connectivity index (χ2v) is 3.68. The summed E-state index contributed by atoms with van der Waals surface area (Å²) < 4.78 is 0. The molecule has 2 heteroatoms. The molecule has 2 nitrogen and oxygen atoms in total. The molecule has 0 aromatic heterocycles. The van der Waals surface area contributed by atoms with Crippen LogP contribution in [-0.2, 0) is 4.79 Å². The van der Waals surface area contributed by atoms with E-state index in [1.54, 1.807) is 20.8 Å². The van der Waals surface area contributed by atoms with Crippen molar-refractivity contribution in [3.8, 4) is 0 Å². The fourth-order valence-corrected chi connectivity index (χ4v) is 0.692. The quantitative estimate of drug-likeness (QED) is 0.643. The van der Waals surface area contributed by atoms with Gasteiger partial charge in [-0.05, 0) is 45.8 Å². The molecule has 0 atom stereocenters. The Morgan fingerprint density at radius 1 is 1.25 bits per heavy atom. The van der Waals surface area contributed by atoms with Crippen LogP contribution < -0.4 is 0 Å². The van der Waals surface area contributed by atoms with E-state index in [1.807, 2.05) is 13.8 Å². The second kappa shape index (κ2) is 3.59. The molecule has 68 valence electrons. The molecule has 1 N–H and O–H groups in total. The van der Waals surface area contributed by atoms with Crippen molar-refractivity contribution >= 4 is 5.97 Å². The van der Waals surface area contributed by atoms with Crippen LogP contribution in [0.5, 0.6) is 0 Å². The van der Waals surface area contributed by atoms with E-state index >= 15 is 0 Å². The van der Waals surface area contributed by atoms with E-state index in [0.717, 1.165) is 11.1 Å². The summed E-state index contributed by atoms with van der Waals surface area (Å²) in [5.41, 5.74) is 3.97. The summed E-state index contributed by atoms with van der Waals surface area (Å²) in [7, 11) is 0. The van der Waals surface area contributed by atoms with Gasteiger partial charge in [0.1, 0.15) is 0 Å². The Bertz CT molecular complexity index is 249. The van der Waals surface area contributed by atoms with E-state index < -0.39 is 11.4 Å². The van der Waals surface area contributed by atoms with Gasteiger partial charge >= 0.3 is 5.97 Å². The Balaban J connectivity index is 5.07. The normalized spacial score (nSPS) is 10.4. The van der Waals surface area contributed by atoms with Gasteiger partial charge in [-0.1, -0.05) is 0 Å². The van der Waals surface area contributed by atoms with Crippen molar-refractivity contribution in [2.75, 3.05) is 0 Å². The van der Waals surface area contributed by atoms with Crippen molar-refractivity contribution in [1.29, 1.82) is 0 Å². The molecule has 0 amide bonds. The average molecular weight is 168 g/mol. The summed E-state index contributed by atoms with van der Waals surface area (Å²) in [6.45, 7) is 8.96. The van der Waals surface area contributed by atoms with Crippen LogP contribution in [0.25, 0.3) is 0 Å². The predicted molar refractivity (Wildman–Crippen MR) is 49.0 cm³/mol. The van der Waals surface area contributed by atoms with Crippen molar-refractivity contribution in [2.24, 2.45) is 5.41 Å². The van der Waals surface area contributed by atoms with E-state index in [9.17, 15) is 4.79 Å². The van der Waals surface area contributed by atoms with Crippen LogP contribution in [0.1, 0.15) is 34.6 Å². The molecule has 0 aromatic rings. The van der Waals surface area contributed by atoms with Gasteiger partial charge in [0.2, 0.25) is 0 Å². The third kappa shape index (κ3) is 2.55. The van der Waals surface area contributed by atoms with Crippen LogP contribution in [0, 0.1) is 5.41 Å². The molecule has 0 heterocycles. The fourth-order valence-electron chi connectivity index (χ4n) is 0.692.